The number of aryl methyl sites for hydroxylation is 2. The van der Waals surface area contributed by atoms with Crippen LogP contribution in [0.4, 0.5) is 0 Å². The molecule has 0 aliphatic carbocycles. The molecule has 0 aromatic heterocycles. The van der Waals surface area contributed by atoms with E-state index < -0.39 is 19.1 Å². The van der Waals surface area contributed by atoms with Gasteiger partial charge >= 0.3 is 7.12 Å². The Balaban J connectivity index is 2.09. The Morgan fingerprint density at radius 2 is 2.16 bits per heavy atom. The van der Waals surface area contributed by atoms with E-state index in [-0.39, 0.29) is 11.8 Å². The maximum Gasteiger partial charge on any atom is 0.475 e. The van der Waals surface area contributed by atoms with Crippen LogP contribution in [0.1, 0.15) is 29.5 Å². The molecule has 0 unspecified atom stereocenters. The molecule has 0 spiro atoms. The van der Waals surface area contributed by atoms with Crippen LogP contribution >= 0.6 is 0 Å². The van der Waals surface area contributed by atoms with Crippen LogP contribution in [0.15, 0.2) is 30.9 Å². The van der Waals surface area contributed by atoms with Crippen LogP contribution in [-0.4, -0.2) is 52.4 Å². The lowest BCUT2D eigenvalue weighted by Crippen LogP contribution is -2.54. The lowest BCUT2D eigenvalue weighted by atomic mass is 9.75. The van der Waals surface area contributed by atoms with Crippen molar-refractivity contribution in [3.63, 3.8) is 0 Å². The van der Waals surface area contributed by atoms with E-state index >= 15 is 0 Å². The Kier molecular flexibility index (Phi) is 6.39. The first kappa shape index (κ1) is 19.2. The molecule has 3 N–H and O–H groups in total. The molecule has 0 saturated carbocycles. The summed E-state index contributed by atoms with van der Waals surface area (Å²) in [5, 5.41) is 22.0. The van der Waals surface area contributed by atoms with Crippen molar-refractivity contribution in [3.05, 3.63) is 47.5 Å². The van der Waals surface area contributed by atoms with Gasteiger partial charge in [-0.1, -0.05) is 30.3 Å². The molecule has 1 saturated heterocycles. The van der Waals surface area contributed by atoms with Gasteiger partial charge in [-0.25, -0.2) is 0 Å². The molecule has 0 bridgehead atoms. The Labute approximate surface area is 148 Å². The largest absolute Gasteiger partial charge is 0.475 e. The van der Waals surface area contributed by atoms with Crippen LogP contribution in [0.2, 0.25) is 0 Å². The molecular weight excluding hydrogens is 319 g/mol. The van der Waals surface area contributed by atoms with E-state index in [1.54, 1.807) is 0 Å². The fourth-order valence-corrected chi connectivity index (χ4v) is 3.24. The van der Waals surface area contributed by atoms with Crippen molar-refractivity contribution in [1.82, 2.24) is 10.2 Å². The Morgan fingerprint density at radius 1 is 1.44 bits per heavy atom. The van der Waals surface area contributed by atoms with E-state index in [1.165, 1.54) is 11.0 Å². The molecular formula is C18H25BN2O4. The van der Waals surface area contributed by atoms with Gasteiger partial charge in [-0.2, -0.15) is 0 Å². The van der Waals surface area contributed by atoms with E-state index in [2.05, 4.69) is 11.9 Å². The van der Waals surface area contributed by atoms with E-state index in [0.29, 0.717) is 19.4 Å². The Morgan fingerprint density at radius 3 is 2.76 bits per heavy atom. The van der Waals surface area contributed by atoms with Crippen LogP contribution in [0.5, 0.6) is 0 Å². The van der Waals surface area contributed by atoms with Crippen molar-refractivity contribution in [1.29, 1.82) is 0 Å². The number of likely N-dealkylation sites (tertiary alicyclic amines) is 1. The number of nitrogens with zero attached hydrogens (tertiary/aromatic N) is 1. The maximum absolute atomic E-state index is 12.6. The molecule has 6 nitrogen and oxygen atoms in total. The number of hydrogen-bond donors (Lipinski definition) is 3. The summed E-state index contributed by atoms with van der Waals surface area (Å²) in [6.45, 7) is 7.90. The van der Waals surface area contributed by atoms with Crippen LogP contribution in [0.3, 0.4) is 0 Å². The van der Waals surface area contributed by atoms with E-state index in [1.807, 2.05) is 32.0 Å². The number of amides is 2. The number of carbonyl (C=O) groups is 2. The lowest BCUT2D eigenvalue weighted by Gasteiger charge is -2.26. The molecule has 2 atom stereocenters. The Bertz CT molecular complexity index is 662. The third-order valence-corrected chi connectivity index (χ3v) is 4.64. The predicted molar refractivity (Wildman–Crippen MR) is 96.7 cm³/mol. The summed E-state index contributed by atoms with van der Waals surface area (Å²) in [5.74, 6) is -1.49. The fraction of sp³-hybridized carbons (Fsp3) is 0.444. The molecule has 134 valence electrons. The monoisotopic (exact) mass is 344 g/mol. The number of rotatable bonds is 6. The summed E-state index contributed by atoms with van der Waals surface area (Å²) in [5.41, 5.74) is 3.09. The second-order valence-electron chi connectivity index (χ2n) is 6.56. The van der Waals surface area contributed by atoms with Crippen molar-refractivity contribution in [2.24, 2.45) is 0 Å². The molecule has 1 aliphatic rings. The van der Waals surface area contributed by atoms with E-state index in [0.717, 1.165) is 23.1 Å². The highest BCUT2D eigenvalue weighted by Gasteiger charge is 2.35. The minimum Gasteiger partial charge on any atom is -0.426 e. The first-order valence-corrected chi connectivity index (χ1v) is 8.49. The zero-order valence-corrected chi connectivity index (χ0v) is 14.7. The minimum atomic E-state index is -1.69. The Hall–Kier alpha value is -2.12. The van der Waals surface area contributed by atoms with Gasteiger partial charge in [0, 0.05) is 6.54 Å². The van der Waals surface area contributed by atoms with Gasteiger partial charge in [0.15, 0.2) is 0 Å². The van der Waals surface area contributed by atoms with Gasteiger partial charge in [0.25, 0.3) is 0 Å². The highest BCUT2D eigenvalue weighted by atomic mass is 16.4. The average Bonchev–Trinajstić information content (AvgIpc) is 3.05. The van der Waals surface area contributed by atoms with Gasteiger partial charge in [0.2, 0.25) is 11.8 Å². The van der Waals surface area contributed by atoms with E-state index in [9.17, 15) is 19.6 Å². The summed E-state index contributed by atoms with van der Waals surface area (Å²) in [6.07, 6.45) is 2.79. The predicted octanol–water partition coefficient (Wildman–Crippen LogP) is 0.520. The first-order valence-electron chi connectivity index (χ1n) is 8.49. The highest BCUT2D eigenvalue weighted by Crippen LogP contribution is 2.19. The summed E-state index contributed by atoms with van der Waals surface area (Å²) < 4.78 is 0. The molecule has 2 amide bonds. The van der Waals surface area contributed by atoms with Crippen molar-refractivity contribution in [2.75, 3.05) is 6.54 Å². The van der Waals surface area contributed by atoms with Gasteiger partial charge in [0.05, 0.1) is 5.94 Å². The van der Waals surface area contributed by atoms with Gasteiger partial charge in [-0.05, 0) is 50.3 Å². The molecule has 1 fully saturated rings. The first-order chi connectivity index (χ1) is 11.8. The van der Waals surface area contributed by atoms with E-state index in [4.69, 9.17) is 0 Å². The molecule has 1 aliphatic heterocycles. The highest BCUT2D eigenvalue weighted by molar-refractivity contribution is 6.43. The van der Waals surface area contributed by atoms with Crippen LogP contribution in [0, 0.1) is 13.8 Å². The molecule has 1 aromatic rings. The SMILES string of the molecule is C=CC(=O)N1CCC[C@@H]1C(=O)N[C@@H](Cc1ccc(C)cc1C)B(O)O. The molecule has 2 rings (SSSR count). The topological polar surface area (TPSA) is 89.9 Å². The van der Waals surface area contributed by atoms with Crippen molar-refractivity contribution < 1.29 is 19.6 Å². The molecule has 7 heteroatoms. The number of benzene rings is 1. The third-order valence-electron chi connectivity index (χ3n) is 4.64. The molecule has 25 heavy (non-hydrogen) atoms. The summed E-state index contributed by atoms with van der Waals surface area (Å²) in [7, 11) is -1.69. The molecule has 1 heterocycles. The van der Waals surface area contributed by atoms with Crippen LogP contribution in [0.25, 0.3) is 0 Å². The van der Waals surface area contributed by atoms with Gasteiger partial charge < -0.3 is 20.3 Å². The number of carbonyl (C=O) groups excluding carboxylic acids is 2. The second kappa shape index (κ2) is 8.31. The van der Waals surface area contributed by atoms with Gasteiger partial charge in [-0.15, -0.1) is 0 Å². The van der Waals surface area contributed by atoms with Crippen molar-refractivity contribution in [2.45, 2.75) is 45.1 Å². The van der Waals surface area contributed by atoms with Crippen LogP contribution < -0.4 is 5.32 Å². The zero-order valence-electron chi connectivity index (χ0n) is 14.7. The maximum atomic E-state index is 12.6. The molecule has 0 radical (unpaired) electrons. The number of nitrogens with one attached hydrogen (secondary N) is 1. The second-order valence-corrected chi connectivity index (χ2v) is 6.56. The standard InChI is InChI=1S/C18H25BN2O4/c1-4-17(22)21-9-5-6-15(21)18(23)20-16(19(24)25)11-14-8-7-12(2)10-13(14)3/h4,7-8,10,15-16,24-25H,1,5-6,9,11H2,2-3H3,(H,20,23)/t15-,16+/m1/s1. The van der Waals surface area contributed by atoms with Gasteiger partial charge in [0.1, 0.15) is 6.04 Å². The number of hydrogen-bond acceptors (Lipinski definition) is 4. The lowest BCUT2D eigenvalue weighted by molar-refractivity contribution is -0.135. The average molecular weight is 344 g/mol. The van der Waals surface area contributed by atoms with Crippen molar-refractivity contribution in [3.8, 4) is 0 Å². The summed E-state index contributed by atoms with van der Waals surface area (Å²) in [4.78, 5) is 25.9. The summed E-state index contributed by atoms with van der Waals surface area (Å²) >= 11 is 0. The zero-order chi connectivity index (χ0) is 18.6. The smallest absolute Gasteiger partial charge is 0.426 e. The fourth-order valence-electron chi connectivity index (χ4n) is 3.24. The van der Waals surface area contributed by atoms with Gasteiger partial charge in [-0.3, -0.25) is 9.59 Å². The third kappa shape index (κ3) is 4.71. The normalized spacial score (nSPS) is 17.9. The quantitative estimate of drug-likeness (QED) is 0.518. The van der Waals surface area contributed by atoms with Crippen molar-refractivity contribution >= 4 is 18.9 Å². The minimum absolute atomic E-state index is 0.284. The van der Waals surface area contributed by atoms with Crippen LogP contribution in [-0.2, 0) is 16.0 Å². The summed E-state index contributed by atoms with van der Waals surface area (Å²) in [6, 6.07) is 5.30. The molecule has 1 aromatic carbocycles.